The standard InChI is InChI=1S/C22H20N2O7/c1-3-30-16-9-6-8-15(12-16)24-20(26)17(19(25)23-22(24)29)11-14-7-4-5-10-18(14)31-13(2)21(27)28/h4-13H,3H2,1-2H3,(H,27,28)(H,23,25,29)/b17-11+/t13-/m0/s1. The van der Waals surface area contributed by atoms with Crippen molar-refractivity contribution >= 4 is 35.6 Å². The van der Waals surface area contributed by atoms with Crippen molar-refractivity contribution in [2.75, 3.05) is 11.5 Å². The monoisotopic (exact) mass is 424 g/mol. The van der Waals surface area contributed by atoms with E-state index in [0.29, 0.717) is 17.9 Å². The van der Waals surface area contributed by atoms with Crippen LogP contribution >= 0.6 is 0 Å². The highest BCUT2D eigenvalue weighted by atomic mass is 16.5. The number of ether oxygens (including phenoxy) is 2. The number of amides is 4. The Labute approximate surface area is 177 Å². The number of barbiturate groups is 1. The summed E-state index contributed by atoms with van der Waals surface area (Å²) < 4.78 is 10.8. The Bertz CT molecular complexity index is 1080. The molecule has 160 valence electrons. The van der Waals surface area contributed by atoms with Crippen LogP contribution in [-0.2, 0) is 14.4 Å². The van der Waals surface area contributed by atoms with Gasteiger partial charge in [-0.1, -0.05) is 24.3 Å². The van der Waals surface area contributed by atoms with Crippen LogP contribution in [0.3, 0.4) is 0 Å². The second kappa shape index (κ2) is 9.12. The van der Waals surface area contributed by atoms with Gasteiger partial charge in [0.05, 0.1) is 12.3 Å². The molecule has 1 heterocycles. The summed E-state index contributed by atoms with van der Waals surface area (Å²) in [5, 5.41) is 11.2. The van der Waals surface area contributed by atoms with E-state index in [1.165, 1.54) is 25.1 Å². The summed E-state index contributed by atoms with van der Waals surface area (Å²) in [5.41, 5.74) is 0.239. The molecule has 1 atom stereocenters. The summed E-state index contributed by atoms with van der Waals surface area (Å²) >= 11 is 0. The predicted molar refractivity (Wildman–Crippen MR) is 111 cm³/mol. The smallest absolute Gasteiger partial charge is 0.344 e. The number of anilines is 1. The second-order valence-electron chi connectivity index (χ2n) is 6.52. The zero-order valence-corrected chi connectivity index (χ0v) is 16.8. The van der Waals surface area contributed by atoms with E-state index >= 15 is 0 Å². The van der Waals surface area contributed by atoms with Crippen molar-refractivity contribution in [1.29, 1.82) is 0 Å². The van der Waals surface area contributed by atoms with Gasteiger partial charge in [0.15, 0.2) is 6.10 Å². The average molecular weight is 424 g/mol. The summed E-state index contributed by atoms with van der Waals surface area (Å²) in [7, 11) is 0. The third-order valence-corrected chi connectivity index (χ3v) is 4.36. The van der Waals surface area contributed by atoms with Crippen molar-refractivity contribution in [2.24, 2.45) is 0 Å². The highest BCUT2D eigenvalue weighted by Crippen LogP contribution is 2.27. The van der Waals surface area contributed by atoms with Gasteiger partial charge in [-0.25, -0.2) is 14.5 Å². The lowest BCUT2D eigenvalue weighted by Crippen LogP contribution is -2.54. The SMILES string of the molecule is CCOc1cccc(N2C(=O)NC(=O)/C(=C\c3ccccc3O[C@@H](C)C(=O)O)C2=O)c1. The van der Waals surface area contributed by atoms with Gasteiger partial charge in [0.25, 0.3) is 11.8 Å². The van der Waals surface area contributed by atoms with Crippen LogP contribution in [0.2, 0.25) is 0 Å². The Kier molecular flexibility index (Phi) is 6.35. The normalized spacial score (nSPS) is 16.1. The maximum Gasteiger partial charge on any atom is 0.344 e. The van der Waals surface area contributed by atoms with Crippen LogP contribution in [0.5, 0.6) is 11.5 Å². The molecule has 0 spiro atoms. The number of imide groups is 2. The molecule has 1 fully saturated rings. The second-order valence-corrected chi connectivity index (χ2v) is 6.52. The number of nitrogens with one attached hydrogen (secondary N) is 1. The fourth-order valence-corrected chi connectivity index (χ4v) is 2.87. The lowest BCUT2D eigenvalue weighted by Gasteiger charge is -2.26. The molecular formula is C22H20N2O7. The molecule has 9 heteroatoms. The zero-order valence-electron chi connectivity index (χ0n) is 16.8. The van der Waals surface area contributed by atoms with E-state index in [0.717, 1.165) is 4.90 Å². The van der Waals surface area contributed by atoms with Gasteiger partial charge >= 0.3 is 12.0 Å². The topological polar surface area (TPSA) is 122 Å². The van der Waals surface area contributed by atoms with Crippen LogP contribution in [-0.4, -0.2) is 41.6 Å². The number of carbonyl (C=O) groups is 4. The number of rotatable bonds is 7. The summed E-state index contributed by atoms with van der Waals surface area (Å²) in [4.78, 5) is 49.8. The minimum absolute atomic E-state index is 0.173. The largest absolute Gasteiger partial charge is 0.494 e. The molecule has 2 aromatic carbocycles. The number of nitrogens with zero attached hydrogens (tertiary/aromatic N) is 1. The Morgan fingerprint density at radius 3 is 2.61 bits per heavy atom. The number of benzene rings is 2. The fraction of sp³-hybridized carbons (Fsp3) is 0.182. The molecule has 2 N–H and O–H groups in total. The summed E-state index contributed by atoms with van der Waals surface area (Å²) in [6.07, 6.45) is 0.114. The molecule has 0 bridgehead atoms. The van der Waals surface area contributed by atoms with Crippen molar-refractivity contribution in [3.63, 3.8) is 0 Å². The maximum atomic E-state index is 13.1. The van der Waals surface area contributed by atoms with E-state index in [2.05, 4.69) is 5.32 Å². The summed E-state index contributed by atoms with van der Waals surface area (Å²) in [6.45, 7) is 3.56. The molecule has 3 rings (SSSR count). The lowest BCUT2D eigenvalue weighted by molar-refractivity contribution is -0.144. The van der Waals surface area contributed by atoms with Gasteiger partial charge in [0.1, 0.15) is 17.1 Å². The number of urea groups is 1. The minimum Gasteiger partial charge on any atom is -0.494 e. The van der Waals surface area contributed by atoms with Crippen molar-refractivity contribution in [2.45, 2.75) is 20.0 Å². The van der Waals surface area contributed by atoms with Gasteiger partial charge in [-0.3, -0.25) is 14.9 Å². The Balaban J connectivity index is 1.99. The van der Waals surface area contributed by atoms with E-state index in [-0.39, 0.29) is 17.0 Å². The van der Waals surface area contributed by atoms with Gasteiger partial charge in [0, 0.05) is 11.6 Å². The molecular weight excluding hydrogens is 404 g/mol. The number of aliphatic carboxylic acids is 1. The van der Waals surface area contributed by atoms with Crippen LogP contribution in [0.1, 0.15) is 19.4 Å². The van der Waals surface area contributed by atoms with Crippen LogP contribution in [0, 0.1) is 0 Å². The van der Waals surface area contributed by atoms with E-state index in [1.54, 1.807) is 43.3 Å². The average Bonchev–Trinajstić information content (AvgIpc) is 2.72. The highest BCUT2D eigenvalue weighted by molar-refractivity contribution is 6.39. The molecule has 1 aliphatic heterocycles. The van der Waals surface area contributed by atoms with Crippen molar-refractivity contribution in [3.8, 4) is 11.5 Å². The third-order valence-electron chi connectivity index (χ3n) is 4.36. The molecule has 0 aliphatic carbocycles. The number of hydrogen-bond acceptors (Lipinski definition) is 6. The predicted octanol–water partition coefficient (Wildman–Crippen LogP) is 2.60. The summed E-state index contributed by atoms with van der Waals surface area (Å²) in [5.74, 6) is -2.23. The van der Waals surface area contributed by atoms with E-state index in [1.807, 2.05) is 0 Å². The molecule has 31 heavy (non-hydrogen) atoms. The summed E-state index contributed by atoms with van der Waals surface area (Å²) in [6, 6.07) is 11.8. The van der Waals surface area contributed by atoms with Crippen LogP contribution in [0.25, 0.3) is 6.08 Å². The van der Waals surface area contributed by atoms with Gasteiger partial charge in [-0.05, 0) is 38.1 Å². The van der Waals surface area contributed by atoms with E-state index in [4.69, 9.17) is 14.6 Å². The first-order valence-corrected chi connectivity index (χ1v) is 9.44. The minimum atomic E-state index is -1.17. The first-order chi connectivity index (χ1) is 14.8. The van der Waals surface area contributed by atoms with Gasteiger partial charge < -0.3 is 14.6 Å². The Morgan fingerprint density at radius 2 is 1.90 bits per heavy atom. The van der Waals surface area contributed by atoms with Crippen molar-refractivity contribution in [1.82, 2.24) is 5.32 Å². The van der Waals surface area contributed by atoms with Crippen LogP contribution in [0.15, 0.2) is 54.1 Å². The highest BCUT2D eigenvalue weighted by Gasteiger charge is 2.37. The molecule has 0 unspecified atom stereocenters. The number of carbonyl (C=O) groups excluding carboxylic acids is 3. The number of carboxylic acids is 1. The van der Waals surface area contributed by atoms with Gasteiger partial charge in [0.2, 0.25) is 0 Å². The quantitative estimate of drug-likeness (QED) is 0.517. The first-order valence-electron chi connectivity index (χ1n) is 9.44. The van der Waals surface area contributed by atoms with E-state index < -0.39 is 29.9 Å². The van der Waals surface area contributed by atoms with E-state index in [9.17, 15) is 19.2 Å². The number of carboxylic acid groups (broad SMARTS) is 1. The van der Waals surface area contributed by atoms with Crippen molar-refractivity contribution in [3.05, 3.63) is 59.7 Å². The zero-order chi connectivity index (χ0) is 22.5. The molecule has 9 nitrogen and oxygen atoms in total. The molecule has 1 saturated heterocycles. The molecule has 1 aliphatic rings. The number of para-hydroxylation sites is 1. The Hall–Kier alpha value is -4.14. The molecule has 2 aromatic rings. The van der Waals surface area contributed by atoms with Crippen LogP contribution < -0.4 is 19.7 Å². The molecule has 0 radical (unpaired) electrons. The number of hydrogen-bond donors (Lipinski definition) is 2. The van der Waals surface area contributed by atoms with Crippen LogP contribution in [0.4, 0.5) is 10.5 Å². The molecule has 0 saturated carbocycles. The fourth-order valence-electron chi connectivity index (χ4n) is 2.87. The maximum absolute atomic E-state index is 13.1. The van der Waals surface area contributed by atoms with Crippen molar-refractivity contribution < 1.29 is 33.8 Å². The molecule has 4 amide bonds. The third kappa shape index (κ3) is 4.72. The lowest BCUT2D eigenvalue weighted by atomic mass is 10.1. The molecule has 0 aromatic heterocycles. The van der Waals surface area contributed by atoms with Gasteiger partial charge in [-0.15, -0.1) is 0 Å². The Morgan fingerprint density at radius 1 is 1.16 bits per heavy atom. The van der Waals surface area contributed by atoms with Gasteiger partial charge in [-0.2, -0.15) is 0 Å². The first kappa shape index (κ1) is 21.6.